The summed E-state index contributed by atoms with van der Waals surface area (Å²) >= 11 is 7.80. The van der Waals surface area contributed by atoms with E-state index in [1.54, 1.807) is 0 Å². The van der Waals surface area contributed by atoms with Crippen molar-refractivity contribution in [2.45, 2.75) is 37.1 Å². The molecule has 0 atom stereocenters. The van der Waals surface area contributed by atoms with Gasteiger partial charge < -0.3 is 10.2 Å². The summed E-state index contributed by atoms with van der Waals surface area (Å²) in [7, 11) is 0. The SMILES string of the molecule is O=C(NCCCC1CCN(CCc2ccccc2Cl)CC1)C1=Cc2cnc3cccc(n23)S1. The quantitative estimate of drug-likeness (QED) is 0.445. The monoisotopic (exact) mass is 480 g/mol. The lowest BCUT2D eigenvalue weighted by Crippen LogP contribution is -2.35. The van der Waals surface area contributed by atoms with Crippen LogP contribution in [0.1, 0.15) is 36.9 Å². The molecule has 1 aromatic carbocycles. The minimum absolute atomic E-state index is 0.0128. The average Bonchev–Trinajstić information content (AvgIpc) is 3.26. The van der Waals surface area contributed by atoms with Gasteiger partial charge in [-0.25, -0.2) is 4.98 Å². The van der Waals surface area contributed by atoms with Gasteiger partial charge in [-0.3, -0.25) is 9.20 Å². The van der Waals surface area contributed by atoms with Crippen molar-refractivity contribution in [3.05, 3.63) is 69.8 Å². The van der Waals surface area contributed by atoms with Gasteiger partial charge in [0.1, 0.15) is 5.65 Å². The molecule has 3 aromatic rings. The lowest BCUT2D eigenvalue weighted by molar-refractivity contribution is -0.116. The number of likely N-dealkylation sites (tertiary alicyclic amines) is 1. The fourth-order valence-electron chi connectivity index (χ4n) is 4.76. The van der Waals surface area contributed by atoms with Crippen LogP contribution in [-0.2, 0) is 11.2 Å². The van der Waals surface area contributed by atoms with Crippen molar-refractivity contribution in [2.24, 2.45) is 5.92 Å². The summed E-state index contributed by atoms with van der Waals surface area (Å²) in [4.78, 5) is 20.4. The Kier molecular flexibility index (Phi) is 7.04. The van der Waals surface area contributed by atoms with E-state index < -0.39 is 0 Å². The zero-order valence-electron chi connectivity index (χ0n) is 18.7. The molecule has 5 nitrogen and oxygen atoms in total. The largest absolute Gasteiger partial charge is 0.352 e. The first-order valence-corrected chi connectivity index (χ1v) is 13.0. The van der Waals surface area contributed by atoms with Crippen molar-refractivity contribution in [1.82, 2.24) is 19.6 Å². The Bertz CT molecular complexity index is 1170. The van der Waals surface area contributed by atoms with Crippen molar-refractivity contribution in [3.63, 3.8) is 0 Å². The van der Waals surface area contributed by atoms with Crippen LogP contribution < -0.4 is 5.32 Å². The summed E-state index contributed by atoms with van der Waals surface area (Å²) in [6.07, 6.45) is 9.47. The van der Waals surface area contributed by atoms with Gasteiger partial charge in [0.05, 0.1) is 21.8 Å². The van der Waals surface area contributed by atoms with Gasteiger partial charge in [0, 0.05) is 18.1 Å². The maximum Gasteiger partial charge on any atom is 0.258 e. The second-order valence-corrected chi connectivity index (χ2v) is 10.3. The van der Waals surface area contributed by atoms with Gasteiger partial charge in [-0.15, -0.1) is 0 Å². The number of carbonyl (C=O) groups is 1. The first-order valence-electron chi connectivity index (χ1n) is 11.8. The van der Waals surface area contributed by atoms with E-state index in [0.717, 1.165) is 71.2 Å². The summed E-state index contributed by atoms with van der Waals surface area (Å²) in [5, 5.41) is 5.03. The molecule has 4 heterocycles. The van der Waals surface area contributed by atoms with Gasteiger partial charge in [0.2, 0.25) is 0 Å². The van der Waals surface area contributed by atoms with E-state index in [9.17, 15) is 4.79 Å². The highest BCUT2D eigenvalue weighted by atomic mass is 35.5. The highest BCUT2D eigenvalue weighted by Gasteiger charge is 2.21. The number of halogens is 1. The number of benzene rings is 1. The molecular formula is C26H29ClN4OS. The highest BCUT2D eigenvalue weighted by molar-refractivity contribution is 8.04. The molecule has 1 N–H and O–H groups in total. The molecule has 1 fully saturated rings. The van der Waals surface area contributed by atoms with E-state index in [0.29, 0.717) is 0 Å². The number of piperidine rings is 1. The second-order valence-electron chi connectivity index (χ2n) is 8.88. The number of nitrogens with one attached hydrogen (secondary N) is 1. The Balaban J connectivity index is 1.01. The van der Waals surface area contributed by atoms with Crippen molar-refractivity contribution in [3.8, 4) is 0 Å². The standard InChI is InChI=1S/C26H29ClN4OS/c27-22-7-2-1-6-20(22)12-16-30-14-10-19(11-15-30)5-4-13-28-26(32)23-17-21-18-29-24-8-3-9-25(33-23)31(21)24/h1-3,6-9,17-19H,4-5,10-16H2,(H,28,32). The molecular weight excluding hydrogens is 452 g/mol. The van der Waals surface area contributed by atoms with Gasteiger partial charge >= 0.3 is 0 Å². The molecule has 172 valence electrons. The van der Waals surface area contributed by atoms with E-state index in [4.69, 9.17) is 11.6 Å². The third-order valence-electron chi connectivity index (χ3n) is 6.68. The van der Waals surface area contributed by atoms with Crippen LogP contribution in [0.4, 0.5) is 0 Å². The summed E-state index contributed by atoms with van der Waals surface area (Å²) in [6.45, 7) is 4.12. The Morgan fingerprint density at radius 3 is 2.85 bits per heavy atom. The summed E-state index contributed by atoms with van der Waals surface area (Å²) in [6, 6.07) is 14.1. The fraction of sp³-hybridized carbons (Fsp3) is 0.385. The number of thioether (sulfide) groups is 1. The summed E-state index contributed by atoms with van der Waals surface area (Å²) in [5.41, 5.74) is 3.12. The molecule has 2 aliphatic rings. The number of rotatable bonds is 8. The molecule has 1 amide bonds. The van der Waals surface area contributed by atoms with Crippen LogP contribution in [0.2, 0.25) is 5.02 Å². The zero-order valence-corrected chi connectivity index (χ0v) is 20.2. The van der Waals surface area contributed by atoms with Crippen LogP contribution in [0.25, 0.3) is 11.7 Å². The second kappa shape index (κ2) is 10.3. The van der Waals surface area contributed by atoms with E-state index >= 15 is 0 Å². The molecule has 33 heavy (non-hydrogen) atoms. The smallest absolute Gasteiger partial charge is 0.258 e. The molecule has 0 bridgehead atoms. The van der Waals surface area contributed by atoms with Crippen LogP contribution in [0.15, 0.2) is 58.6 Å². The summed E-state index contributed by atoms with van der Waals surface area (Å²) in [5.74, 6) is 0.771. The molecule has 0 spiro atoms. The van der Waals surface area contributed by atoms with Crippen LogP contribution in [0.3, 0.4) is 0 Å². The minimum Gasteiger partial charge on any atom is -0.352 e. The van der Waals surface area contributed by atoms with Crippen molar-refractivity contribution in [1.29, 1.82) is 0 Å². The zero-order chi connectivity index (χ0) is 22.6. The predicted molar refractivity (Wildman–Crippen MR) is 136 cm³/mol. The maximum atomic E-state index is 12.7. The molecule has 2 aliphatic heterocycles. The number of hydrogen-bond acceptors (Lipinski definition) is 4. The number of hydrogen-bond donors (Lipinski definition) is 1. The van der Waals surface area contributed by atoms with Gasteiger partial charge in [-0.2, -0.15) is 0 Å². The molecule has 0 saturated carbocycles. The molecule has 7 heteroatoms. The van der Waals surface area contributed by atoms with E-state index in [-0.39, 0.29) is 5.91 Å². The molecule has 2 aromatic heterocycles. The van der Waals surface area contributed by atoms with Crippen LogP contribution in [0.5, 0.6) is 0 Å². The average molecular weight is 481 g/mol. The number of aromatic nitrogens is 2. The number of pyridine rings is 1. The Hall–Kier alpha value is -2.28. The normalized spacial score (nSPS) is 16.7. The van der Waals surface area contributed by atoms with Crippen molar-refractivity contribution in [2.75, 3.05) is 26.2 Å². The third kappa shape index (κ3) is 5.29. The lowest BCUT2D eigenvalue weighted by atomic mass is 9.92. The fourth-order valence-corrected chi connectivity index (χ4v) is 5.99. The van der Waals surface area contributed by atoms with Crippen molar-refractivity contribution >= 4 is 41.0 Å². The maximum absolute atomic E-state index is 12.7. The number of carbonyl (C=O) groups excluding carboxylic acids is 1. The van der Waals surface area contributed by atoms with E-state index in [1.807, 2.05) is 42.6 Å². The number of amides is 1. The number of imidazole rings is 1. The van der Waals surface area contributed by atoms with Gasteiger partial charge in [-0.1, -0.05) is 47.6 Å². The Morgan fingerprint density at radius 1 is 1.15 bits per heavy atom. The Morgan fingerprint density at radius 2 is 2.00 bits per heavy atom. The van der Waals surface area contributed by atoms with E-state index in [1.165, 1.54) is 36.6 Å². The molecule has 1 saturated heterocycles. The first-order chi connectivity index (χ1) is 16.2. The molecule has 0 radical (unpaired) electrons. The van der Waals surface area contributed by atoms with Gasteiger partial charge in [0.25, 0.3) is 5.91 Å². The molecule has 5 rings (SSSR count). The van der Waals surface area contributed by atoms with Crippen LogP contribution in [0, 0.1) is 5.92 Å². The molecule has 0 aliphatic carbocycles. The lowest BCUT2D eigenvalue weighted by Gasteiger charge is -2.32. The third-order valence-corrected chi connectivity index (χ3v) is 8.09. The molecule has 0 unspecified atom stereocenters. The highest BCUT2D eigenvalue weighted by Crippen LogP contribution is 2.34. The van der Waals surface area contributed by atoms with Crippen LogP contribution in [-0.4, -0.2) is 46.4 Å². The number of nitrogens with zero attached hydrogens (tertiary/aromatic N) is 3. The van der Waals surface area contributed by atoms with Crippen LogP contribution >= 0.6 is 23.4 Å². The van der Waals surface area contributed by atoms with Gasteiger partial charge in [0.15, 0.2) is 0 Å². The summed E-state index contributed by atoms with van der Waals surface area (Å²) < 4.78 is 2.09. The van der Waals surface area contributed by atoms with E-state index in [2.05, 4.69) is 31.7 Å². The van der Waals surface area contributed by atoms with Crippen molar-refractivity contribution < 1.29 is 4.79 Å². The Labute approximate surface area is 204 Å². The van der Waals surface area contributed by atoms with Gasteiger partial charge in [-0.05, 0) is 81.0 Å². The minimum atomic E-state index is 0.0128. The predicted octanol–water partition coefficient (Wildman–Crippen LogP) is 5.29. The topological polar surface area (TPSA) is 49.6 Å². The first kappa shape index (κ1) is 22.5.